The van der Waals surface area contributed by atoms with Gasteiger partial charge in [-0.25, -0.2) is 9.59 Å². The number of hydrogen-bond acceptors (Lipinski definition) is 6. The van der Waals surface area contributed by atoms with E-state index >= 15 is 0 Å². The number of rotatable bonds is 10. The summed E-state index contributed by atoms with van der Waals surface area (Å²) >= 11 is 0. The van der Waals surface area contributed by atoms with Crippen LogP contribution >= 0.6 is 0 Å². The highest BCUT2D eigenvalue weighted by Gasteiger charge is 2.18. The molecule has 0 aliphatic rings. The van der Waals surface area contributed by atoms with Gasteiger partial charge in [-0.2, -0.15) is 0 Å². The van der Waals surface area contributed by atoms with Gasteiger partial charge in [0.25, 0.3) is 0 Å². The maximum absolute atomic E-state index is 12.1. The minimum absolute atomic E-state index is 0.0791. The molecule has 176 valence electrons. The highest BCUT2D eigenvalue weighted by atomic mass is 16.6. The molecule has 2 aromatic rings. The molecule has 10 nitrogen and oxygen atoms in total. The summed E-state index contributed by atoms with van der Waals surface area (Å²) in [6, 6.07) is 16.5. The van der Waals surface area contributed by atoms with Gasteiger partial charge in [-0.05, 0) is 25.0 Å². The smallest absolute Gasteiger partial charge is 0.408 e. The van der Waals surface area contributed by atoms with Crippen LogP contribution in [-0.2, 0) is 32.3 Å². The lowest BCUT2D eigenvalue weighted by molar-refractivity contribution is -0.124. The second-order valence-electron chi connectivity index (χ2n) is 7.11. The maximum Gasteiger partial charge on any atom is 0.408 e. The predicted molar refractivity (Wildman–Crippen MR) is 120 cm³/mol. The van der Waals surface area contributed by atoms with E-state index in [9.17, 15) is 19.2 Å². The fourth-order valence-electron chi connectivity index (χ4n) is 2.54. The van der Waals surface area contributed by atoms with Crippen LogP contribution in [0.3, 0.4) is 0 Å². The van der Waals surface area contributed by atoms with Crippen LogP contribution in [0.2, 0.25) is 0 Å². The molecule has 0 saturated carbocycles. The van der Waals surface area contributed by atoms with Crippen molar-refractivity contribution in [1.29, 1.82) is 0 Å². The quantitative estimate of drug-likeness (QED) is 0.403. The van der Waals surface area contributed by atoms with Crippen molar-refractivity contribution in [3.8, 4) is 0 Å². The largest absolute Gasteiger partial charge is 0.445 e. The molecule has 4 N–H and O–H groups in total. The molecule has 0 unspecified atom stereocenters. The third kappa shape index (κ3) is 9.72. The SMILES string of the molecule is C[C@H](NC(=O)OCc1ccccc1)C(=O)NCNC(=O)[C@H](C)NC(=O)OCc1ccccc1. The maximum atomic E-state index is 12.1. The first-order chi connectivity index (χ1) is 15.8. The van der Waals surface area contributed by atoms with Crippen molar-refractivity contribution >= 4 is 24.0 Å². The van der Waals surface area contributed by atoms with Crippen molar-refractivity contribution < 1.29 is 28.7 Å². The topological polar surface area (TPSA) is 135 Å². The van der Waals surface area contributed by atoms with E-state index in [1.54, 1.807) is 0 Å². The first kappa shape index (κ1) is 25.2. The van der Waals surface area contributed by atoms with E-state index in [2.05, 4.69) is 21.3 Å². The Morgan fingerprint density at radius 1 is 0.667 bits per heavy atom. The zero-order valence-electron chi connectivity index (χ0n) is 18.5. The Bertz CT molecular complexity index is 848. The fourth-order valence-corrected chi connectivity index (χ4v) is 2.54. The van der Waals surface area contributed by atoms with E-state index in [-0.39, 0.29) is 19.9 Å². The molecular weight excluding hydrogens is 428 g/mol. The Kier molecular flexibility index (Phi) is 10.2. The van der Waals surface area contributed by atoms with E-state index in [1.165, 1.54) is 13.8 Å². The van der Waals surface area contributed by atoms with Gasteiger partial charge in [0.15, 0.2) is 0 Å². The molecule has 0 saturated heterocycles. The van der Waals surface area contributed by atoms with Crippen LogP contribution in [0.15, 0.2) is 60.7 Å². The number of alkyl carbamates (subject to hydrolysis) is 2. The number of nitrogens with one attached hydrogen (secondary N) is 4. The van der Waals surface area contributed by atoms with Gasteiger partial charge < -0.3 is 30.7 Å². The molecule has 2 aromatic carbocycles. The van der Waals surface area contributed by atoms with Gasteiger partial charge >= 0.3 is 12.2 Å². The number of carbonyl (C=O) groups is 4. The fraction of sp³-hybridized carbons (Fsp3) is 0.304. The number of hydrogen-bond donors (Lipinski definition) is 4. The van der Waals surface area contributed by atoms with E-state index in [0.717, 1.165) is 11.1 Å². The van der Waals surface area contributed by atoms with Crippen molar-refractivity contribution in [1.82, 2.24) is 21.3 Å². The van der Waals surface area contributed by atoms with E-state index < -0.39 is 36.1 Å². The van der Waals surface area contributed by atoms with Crippen LogP contribution in [0.1, 0.15) is 25.0 Å². The second kappa shape index (κ2) is 13.4. The normalized spacial score (nSPS) is 11.9. The molecule has 0 aliphatic carbocycles. The minimum Gasteiger partial charge on any atom is -0.445 e. The van der Waals surface area contributed by atoms with Crippen LogP contribution in [0.25, 0.3) is 0 Å². The molecular formula is C23H28N4O6. The lowest BCUT2D eigenvalue weighted by Gasteiger charge is -2.16. The summed E-state index contributed by atoms with van der Waals surface area (Å²) in [4.78, 5) is 47.8. The molecule has 2 atom stereocenters. The number of benzene rings is 2. The molecule has 10 heteroatoms. The number of ether oxygens (including phenoxy) is 2. The standard InChI is InChI=1S/C23H28N4O6/c1-16(26-22(30)32-13-18-9-5-3-6-10-18)20(28)24-15-25-21(29)17(2)27-23(31)33-14-19-11-7-4-8-12-19/h3-12,16-17H,13-15H2,1-2H3,(H,24,28)(H,25,29)(H,26,30)(H,27,31)/t16-,17-/m0/s1. The Morgan fingerprint density at radius 2 is 1.03 bits per heavy atom. The van der Waals surface area contributed by atoms with Crippen LogP contribution in [0, 0.1) is 0 Å². The summed E-state index contributed by atoms with van der Waals surface area (Å²) in [5.74, 6) is -1.04. The summed E-state index contributed by atoms with van der Waals surface area (Å²) in [6.45, 7) is 2.93. The van der Waals surface area contributed by atoms with Gasteiger partial charge in [0.1, 0.15) is 25.3 Å². The predicted octanol–water partition coefficient (Wildman–Crippen LogP) is 1.81. The van der Waals surface area contributed by atoms with Gasteiger partial charge in [-0.15, -0.1) is 0 Å². The Morgan fingerprint density at radius 3 is 1.39 bits per heavy atom. The van der Waals surface area contributed by atoms with Gasteiger partial charge in [-0.1, -0.05) is 60.7 Å². The molecule has 0 aliphatic heterocycles. The second-order valence-corrected chi connectivity index (χ2v) is 7.11. The van der Waals surface area contributed by atoms with E-state index in [4.69, 9.17) is 9.47 Å². The summed E-state index contributed by atoms with van der Waals surface area (Å²) in [5.41, 5.74) is 1.64. The zero-order chi connectivity index (χ0) is 24.1. The van der Waals surface area contributed by atoms with Gasteiger partial charge in [-0.3, -0.25) is 9.59 Å². The molecule has 0 aromatic heterocycles. The third-order valence-electron chi connectivity index (χ3n) is 4.41. The van der Waals surface area contributed by atoms with Gasteiger partial charge in [0.05, 0.1) is 6.67 Å². The summed E-state index contributed by atoms with van der Waals surface area (Å²) in [6.07, 6.45) is -1.48. The van der Waals surface area contributed by atoms with Crippen LogP contribution in [-0.4, -0.2) is 42.8 Å². The first-order valence-corrected chi connectivity index (χ1v) is 10.3. The van der Waals surface area contributed by atoms with Crippen LogP contribution in [0.5, 0.6) is 0 Å². The molecule has 0 bridgehead atoms. The van der Waals surface area contributed by atoms with Crippen LogP contribution < -0.4 is 21.3 Å². The van der Waals surface area contributed by atoms with Crippen molar-refractivity contribution in [3.63, 3.8) is 0 Å². The van der Waals surface area contributed by atoms with Gasteiger partial charge in [0.2, 0.25) is 11.8 Å². The van der Waals surface area contributed by atoms with Crippen molar-refractivity contribution in [2.24, 2.45) is 0 Å². The number of carbonyl (C=O) groups excluding carboxylic acids is 4. The van der Waals surface area contributed by atoms with Crippen molar-refractivity contribution in [2.75, 3.05) is 6.67 Å². The van der Waals surface area contributed by atoms with E-state index in [1.807, 2.05) is 60.7 Å². The molecule has 0 fully saturated rings. The highest BCUT2D eigenvalue weighted by molar-refractivity contribution is 5.87. The lowest BCUT2D eigenvalue weighted by Crippen LogP contribution is -2.51. The molecule has 2 rings (SSSR count). The molecule has 33 heavy (non-hydrogen) atoms. The Hall–Kier alpha value is -4.08. The molecule has 4 amide bonds. The average molecular weight is 456 g/mol. The highest BCUT2D eigenvalue weighted by Crippen LogP contribution is 2.01. The monoisotopic (exact) mass is 456 g/mol. The van der Waals surface area contributed by atoms with Crippen LogP contribution in [0.4, 0.5) is 9.59 Å². The van der Waals surface area contributed by atoms with Gasteiger partial charge in [0, 0.05) is 0 Å². The minimum atomic E-state index is -0.881. The first-order valence-electron chi connectivity index (χ1n) is 10.3. The molecule has 0 radical (unpaired) electrons. The third-order valence-corrected chi connectivity index (χ3v) is 4.41. The lowest BCUT2D eigenvalue weighted by atomic mass is 10.2. The number of amides is 4. The molecule has 0 spiro atoms. The van der Waals surface area contributed by atoms with Crippen molar-refractivity contribution in [2.45, 2.75) is 39.1 Å². The zero-order valence-corrected chi connectivity index (χ0v) is 18.5. The summed E-state index contributed by atoms with van der Waals surface area (Å²) in [7, 11) is 0. The Labute approximate surface area is 192 Å². The summed E-state index contributed by atoms with van der Waals surface area (Å²) in [5, 5.41) is 9.73. The summed E-state index contributed by atoms with van der Waals surface area (Å²) < 4.78 is 10.1. The average Bonchev–Trinajstić information content (AvgIpc) is 2.82. The Balaban J connectivity index is 1.61. The molecule has 0 heterocycles. The van der Waals surface area contributed by atoms with Crippen molar-refractivity contribution in [3.05, 3.63) is 71.8 Å². The van der Waals surface area contributed by atoms with E-state index in [0.29, 0.717) is 0 Å².